The van der Waals surface area contributed by atoms with Gasteiger partial charge < -0.3 is 4.74 Å². The average Bonchev–Trinajstić information content (AvgIpc) is 2.50. The van der Waals surface area contributed by atoms with Gasteiger partial charge in [-0.2, -0.15) is 8.42 Å². The smallest absolute Gasteiger partial charge is 0.264 e. The molecule has 0 bridgehead atoms. The Balaban J connectivity index is 0.000000585. The maximum Gasteiger partial charge on any atom is 0.264 e. The van der Waals surface area contributed by atoms with Crippen molar-refractivity contribution in [1.29, 1.82) is 0 Å². The summed E-state index contributed by atoms with van der Waals surface area (Å²) in [6.07, 6.45) is 9.82. The van der Waals surface area contributed by atoms with E-state index < -0.39 is 10.1 Å². The lowest BCUT2D eigenvalue weighted by molar-refractivity contribution is 0.304. The van der Waals surface area contributed by atoms with Crippen LogP contribution in [0.5, 0.6) is 5.75 Å². The number of ether oxygens (including phenoxy) is 1. The minimum absolute atomic E-state index is 0.132. The van der Waals surface area contributed by atoms with Crippen LogP contribution in [0.15, 0.2) is 30.3 Å². The Hall–Kier alpha value is -1.07. The van der Waals surface area contributed by atoms with E-state index in [1.54, 1.807) is 6.92 Å². The third-order valence-electron chi connectivity index (χ3n) is 3.22. The highest BCUT2D eigenvalue weighted by molar-refractivity contribution is 7.85. The van der Waals surface area contributed by atoms with Gasteiger partial charge in [0.25, 0.3) is 10.1 Å². The molecule has 1 aromatic carbocycles. The fraction of sp³-hybridized carbons (Fsp3) is 0.667. The van der Waals surface area contributed by atoms with E-state index >= 15 is 0 Å². The van der Waals surface area contributed by atoms with Crippen LogP contribution in [-0.4, -0.2) is 25.3 Å². The molecule has 0 atom stereocenters. The summed E-state index contributed by atoms with van der Waals surface area (Å²) in [5.41, 5.74) is 0. The first kappa shape index (κ1) is 21.9. The number of hydrogen-bond donors (Lipinski definition) is 1. The van der Waals surface area contributed by atoms with E-state index in [4.69, 9.17) is 9.29 Å². The third kappa shape index (κ3) is 17.1. The second-order valence-electron chi connectivity index (χ2n) is 5.57. The van der Waals surface area contributed by atoms with Crippen LogP contribution in [0.1, 0.15) is 65.2 Å². The van der Waals surface area contributed by atoms with Crippen LogP contribution in [0.3, 0.4) is 0 Å². The van der Waals surface area contributed by atoms with E-state index in [9.17, 15) is 8.42 Å². The van der Waals surface area contributed by atoms with E-state index in [1.807, 2.05) is 30.3 Å². The van der Waals surface area contributed by atoms with E-state index in [0.717, 1.165) is 12.4 Å². The third-order valence-corrected chi connectivity index (χ3v) is 4.15. The van der Waals surface area contributed by atoms with E-state index in [1.165, 1.54) is 44.9 Å². The summed E-state index contributed by atoms with van der Waals surface area (Å²) in [6.45, 7) is 4.80. The normalized spacial score (nSPS) is 10.7. The summed E-state index contributed by atoms with van der Waals surface area (Å²) < 4.78 is 33.2. The van der Waals surface area contributed by atoms with Gasteiger partial charge in [0.1, 0.15) is 5.75 Å². The highest BCUT2D eigenvalue weighted by Gasteiger charge is 1.98. The quantitative estimate of drug-likeness (QED) is 0.448. The lowest BCUT2D eigenvalue weighted by Crippen LogP contribution is -2.01. The molecule has 0 amide bonds. The van der Waals surface area contributed by atoms with E-state index in [2.05, 4.69) is 6.92 Å². The summed E-state index contributed by atoms with van der Waals surface area (Å²) >= 11 is 0. The minimum atomic E-state index is -3.67. The molecule has 0 aliphatic rings. The van der Waals surface area contributed by atoms with Gasteiger partial charge in [0, 0.05) is 0 Å². The average molecular weight is 345 g/mol. The van der Waals surface area contributed by atoms with Gasteiger partial charge in [-0.05, 0) is 25.0 Å². The first-order valence-corrected chi connectivity index (χ1v) is 10.2. The molecule has 0 aromatic heterocycles. The van der Waals surface area contributed by atoms with Crippen molar-refractivity contribution in [3.63, 3.8) is 0 Å². The first-order chi connectivity index (χ1) is 11.0. The van der Waals surface area contributed by atoms with Gasteiger partial charge in [-0.25, -0.2) is 0 Å². The van der Waals surface area contributed by atoms with Crippen molar-refractivity contribution in [2.75, 3.05) is 12.4 Å². The Kier molecular flexibility index (Phi) is 13.8. The molecule has 4 nitrogen and oxygen atoms in total. The molecule has 1 rings (SSSR count). The molecule has 0 radical (unpaired) electrons. The number of rotatable bonds is 11. The topological polar surface area (TPSA) is 63.6 Å². The Morgan fingerprint density at radius 3 is 1.91 bits per heavy atom. The summed E-state index contributed by atoms with van der Waals surface area (Å²) in [7, 11) is -3.67. The molecule has 1 aromatic rings. The van der Waals surface area contributed by atoms with Gasteiger partial charge in [0.15, 0.2) is 0 Å². The number of unbranched alkanes of at least 4 members (excludes halogenated alkanes) is 6. The van der Waals surface area contributed by atoms with Gasteiger partial charge >= 0.3 is 0 Å². The number of hydrogen-bond acceptors (Lipinski definition) is 3. The molecule has 0 heterocycles. The molecule has 5 heteroatoms. The standard InChI is InChI=1S/C15H24O.C3H8O3S/c1-2-3-4-5-6-7-11-14-16-15-12-9-8-10-13-15;1-2-3-7(4,5)6/h8-10,12-13H,2-7,11,14H2,1H3;2-3H2,1H3,(H,4,5,6). The van der Waals surface area contributed by atoms with Crippen molar-refractivity contribution in [2.45, 2.75) is 65.2 Å². The predicted molar refractivity (Wildman–Crippen MR) is 96.6 cm³/mol. The molecule has 0 aliphatic carbocycles. The van der Waals surface area contributed by atoms with Crippen molar-refractivity contribution < 1.29 is 17.7 Å². The molecule has 0 unspecified atom stereocenters. The Morgan fingerprint density at radius 1 is 0.870 bits per heavy atom. The Labute approximate surface area is 142 Å². The fourth-order valence-electron chi connectivity index (χ4n) is 2.02. The SMILES string of the molecule is CCCCCCCCCOc1ccccc1.CCCS(=O)(=O)O. The van der Waals surface area contributed by atoms with Crippen molar-refractivity contribution in [2.24, 2.45) is 0 Å². The summed E-state index contributed by atoms with van der Waals surface area (Å²) in [5.74, 6) is 0.862. The van der Waals surface area contributed by atoms with Crippen LogP contribution < -0.4 is 4.74 Å². The maximum absolute atomic E-state index is 9.79. The zero-order valence-electron chi connectivity index (χ0n) is 14.5. The van der Waals surface area contributed by atoms with Crippen LogP contribution in [0.25, 0.3) is 0 Å². The largest absolute Gasteiger partial charge is 0.494 e. The maximum atomic E-state index is 9.79. The minimum Gasteiger partial charge on any atom is -0.494 e. The summed E-state index contributed by atoms with van der Waals surface area (Å²) in [4.78, 5) is 0. The van der Waals surface area contributed by atoms with Crippen molar-refractivity contribution in [3.8, 4) is 5.75 Å². The lowest BCUT2D eigenvalue weighted by atomic mass is 10.1. The zero-order chi connectivity index (χ0) is 17.4. The van der Waals surface area contributed by atoms with Crippen LogP contribution in [0.4, 0.5) is 0 Å². The van der Waals surface area contributed by atoms with Gasteiger partial charge in [-0.15, -0.1) is 0 Å². The lowest BCUT2D eigenvalue weighted by Gasteiger charge is -2.05. The molecule has 0 aliphatic heterocycles. The second kappa shape index (κ2) is 14.5. The molecule has 23 heavy (non-hydrogen) atoms. The van der Waals surface area contributed by atoms with Crippen molar-refractivity contribution in [1.82, 2.24) is 0 Å². The Bertz CT molecular complexity index is 457. The first-order valence-electron chi connectivity index (χ1n) is 8.62. The number of para-hydroxylation sites is 1. The molecule has 134 valence electrons. The van der Waals surface area contributed by atoms with Gasteiger partial charge in [-0.3, -0.25) is 4.55 Å². The molecular formula is C18H32O4S. The Morgan fingerprint density at radius 2 is 1.43 bits per heavy atom. The van der Waals surface area contributed by atoms with Crippen molar-refractivity contribution >= 4 is 10.1 Å². The van der Waals surface area contributed by atoms with Crippen LogP contribution in [-0.2, 0) is 10.1 Å². The van der Waals surface area contributed by atoms with Gasteiger partial charge in [0.05, 0.1) is 12.4 Å². The summed E-state index contributed by atoms with van der Waals surface area (Å²) in [6, 6.07) is 10.1. The van der Waals surface area contributed by atoms with E-state index in [-0.39, 0.29) is 5.75 Å². The van der Waals surface area contributed by atoms with Gasteiger partial charge in [-0.1, -0.05) is 70.6 Å². The monoisotopic (exact) mass is 344 g/mol. The van der Waals surface area contributed by atoms with Crippen molar-refractivity contribution in [3.05, 3.63) is 30.3 Å². The van der Waals surface area contributed by atoms with Crippen LogP contribution >= 0.6 is 0 Å². The highest BCUT2D eigenvalue weighted by Crippen LogP contribution is 2.10. The highest BCUT2D eigenvalue weighted by atomic mass is 32.2. The van der Waals surface area contributed by atoms with Crippen LogP contribution in [0, 0.1) is 0 Å². The second-order valence-corrected chi connectivity index (χ2v) is 7.14. The number of benzene rings is 1. The molecule has 0 saturated heterocycles. The predicted octanol–water partition coefficient (Wildman–Crippen LogP) is 5.10. The van der Waals surface area contributed by atoms with E-state index in [0.29, 0.717) is 6.42 Å². The molecular weight excluding hydrogens is 312 g/mol. The molecule has 0 fully saturated rings. The zero-order valence-corrected chi connectivity index (χ0v) is 15.4. The summed E-state index contributed by atoms with van der Waals surface area (Å²) in [5, 5.41) is 0. The van der Waals surface area contributed by atoms with Crippen LogP contribution in [0.2, 0.25) is 0 Å². The fourth-order valence-corrected chi connectivity index (χ4v) is 2.54. The molecule has 0 spiro atoms. The molecule has 1 N–H and O–H groups in total. The molecule has 0 saturated carbocycles. The van der Waals surface area contributed by atoms with Gasteiger partial charge in [0.2, 0.25) is 0 Å².